The Morgan fingerprint density at radius 3 is 2.89 bits per heavy atom. The SMILES string of the molecule is CCn1c(C(C)NC(=O)C2CC2)nc2ccccc21. The number of hydrogen-bond acceptors (Lipinski definition) is 2. The summed E-state index contributed by atoms with van der Waals surface area (Å²) in [6.45, 7) is 4.97. The third kappa shape index (κ3) is 2.23. The standard InChI is InChI=1S/C15H19N3O/c1-3-18-13-7-5-4-6-12(13)17-14(18)10(2)16-15(19)11-8-9-11/h4-7,10-11H,3,8-9H2,1-2H3,(H,16,19). The summed E-state index contributed by atoms with van der Waals surface area (Å²) in [5, 5.41) is 3.07. The number of nitrogens with zero attached hydrogens (tertiary/aromatic N) is 2. The summed E-state index contributed by atoms with van der Waals surface area (Å²) in [7, 11) is 0. The van der Waals surface area contributed by atoms with Crippen LogP contribution in [0.3, 0.4) is 0 Å². The lowest BCUT2D eigenvalue weighted by molar-refractivity contribution is -0.123. The molecule has 1 aliphatic rings. The zero-order valence-corrected chi connectivity index (χ0v) is 11.4. The first-order valence-corrected chi connectivity index (χ1v) is 6.96. The minimum atomic E-state index is -0.0413. The molecule has 1 aliphatic carbocycles. The van der Waals surface area contributed by atoms with E-state index in [0.29, 0.717) is 0 Å². The molecular weight excluding hydrogens is 238 g/mol. The van der Waals surface area contributed by atoms with Crippen molar-refractivity contribution in [1.82, 2.24) is 14.9 Å². The van der Waals surface area contributed by atoms with Crippen molar-refractivity contribution >= 4 is 16.9 Å². The van der Waals surface area contributed by atoms with Crippen molar-refractivity contribution in [3.8, 4) is 0 Å². The molecule has 1 aromatic carbocycles. The summed E-state index contributed by atoms with van der Waals surface area (Å²) < 4.78 is 2.17. The first-order valence-electron chi connectivity index (χ1n) is 6.96. The molecule has 1 aromatic heterocycles. The molecule has 0 aliphatic heterocycles. The van der Waals surface area contributed by atoms with Gasteiger partial charge in [-0.3, -0.25) is 4.79 Å². The number of carbonyl (C=O) groups excluding carboxylic acids is 1. The second-order valence-electron chi connectivity index (χ2n) is 5.21. The van der Waals surface area contributed by atoms with Gasteiger partial charge in [0.2, 0.25) is 5.91 Å². The molecule has 1 saturated carbocycles. The van der Waals surface area contributed by atoms with Crippen molar-refractivity contribution in [2.75, 3.05) is 0 Å². The van der Waals surface area contributed by atoms with Gasteiger partial charge in [0.15, 0.2) is 0 Å². The lowest BCUT2D eigenvalue weighted by Gasteiger charge is -2.15. The number of benzene rings is 1. The molecule has 0 bridgehead atoms. The highest BCUT2D eigenvalue weighted by Gasteiger charge is 2.31. The Labute approximate surface area is 112 Å². The Kier molecular flexibility index (Phi) is 3.01. The molecule has 4 nitrogen and oxygen atoms in total. The molecule has 2 aromatic rings. The van der Waals surface area contributed by atoms with E-state index in [1.807, 2.05) is 25.1 Å². The van der Waals surface area contributed by atoms with Crippen LogP contribution in [0.25, 0.3) is 11.0 Å². The predicted octanol–water partition coefficient (Wildman–Crippen LogP) is 2.64. The van der Waals surface area contributed by atoms with Crippen LogP contribution in [0, 0.1) is 5.92 Å². The molecule has 1 fully saturated rings. The molecule has 4 heteroatoms. The third-order valence-corrected chi connectivity index (χ3v) is 3.69. The van der Waals surface area contributed by atoms with Gasteiger partial charge in [-0.2, -0.15) is 0 Å². The Balaban J connectivity index is 1.92. The predicted molar refractivity (Wildman–Crippen MR) is 74.7 cm³/mol. The Bertz CT molecular complexity index is 613. The molecule has 1 amide bonds. The molecule has 0 saturated heterocycles. The molecule has 1 N–H and O–H groups in total. The number of amides is 1. The smallest absolute Gasteiger partial charge is 0.223 e. The summed E-state index contributed by atoms with van der Waals surface area (Å²) in [6.07, 6.45) is 2.06. The number of para-hydroxylation sites is 2. The number of aromatic nitrogens is 2. The Hall–Kier alpha value is -1.84. The zero-order chi connectivity index (χ0) is 13.4. The number of hydrogen-bond donors (Lipinski definition) is 1. The van der Waals surface area contributed by atoms with E-state index in [1.54, 1.807) is 0 Å². The highest BCUT2D eigenvalue weighted by molar-refractivity contribution is 5.81. The topological polar surface area (TPSA) is 46.9 Å². The van der Waals surface area contributed by atoms with E-state index in [0.717, 1.165) is 36.2 Å². The fourth-order valence-corrected chi connectivity index (χ4v) is 2.50. The quantitative estimate of drug-likeness (QED) is 0.915. The minimum Gasteiger partial charge on any atom is -0.346 e. The Morgan fingerprint density at radius 2 is 2.21 bits per heavy atom. The van der Waals surface area contributed by atoms with E-state index in [-0.39, 0.29) is 17.9 Å². The number of fused-ring (bicyclic) bond motifs is 1. The van der Waals surface area contributed by atoms with Crippen LogP contribution in [0.1, 0.15) is 38.6 Å². The lowest BCUT2D eigenvalue weighted by Crippen LogP contribution is -2.29. The van der Waals surface area contributed by atoms with Gasteiger partial charge in [0, 0.05) is 12.5 Å². The molecule has 1 heterocycles. The summed E-state index contributed by atoms with van der Waals surface area (Å²) in [6, 6.07) is 8.06. The maximum atomic E-state index is 11.9. The van der Waals surface area contributed by atoms with Crippen LogP contribution >= 0.6 is 0 Å². The third-order valence-electron chi connectivity index (χ3n) is 3.69. The molecule has 0 radical (unpaired) electrons. The summed E-state index contributed by atoms with van der Waals surface area (Å²) in [4.78, 5) is 16.5. The van der Waals surface area contributed by atoms with Crippen LogP contribution in [0.4, 0.5) is 0 Å². The van der Waals surface area contributed by atoms with E-state index in [4.69, 9.17) is 0 Å². The molecule has 0 spiro atoms. The van der Waals surface area contributed by atoms with Gasteiger partial charge in [0.05, 0.1) is 17.1 Å². The van der Waals surface area contributed by atoms with Crippen LogP contribution in [0.15, 0.2) is 24.3 Å². The van der Waals surface area contributed by atoms with Crippen LogP contribution in [0.2, 0.25) is 0 Å². The second kappa shape index (κ2) is 4.68. The monoisotopic (exact) mass is 257 g/mol. The fraction of sp³-hybridized carbons (Fsp3) is 0.467. The van der Waals surface area contributed by atoms with E-state index >= 15 is 0 Å². The molecule has 1 atom stereocenters. The van der Waals surface area contributed by atoms with Gasteiger partial charge in [0.25, 0.3) is 0 Å². The van der Waals surface area contributed by atoms with Gasteiger partial charge in [-0.25, -0.2) is 4.98 Å². The summed E-state index contributed by atoms with van der Waals surface area (Å²) in [5.74, 6) is 1.35. The second-order valence-corrected chi connectivity index (χ2v) is 5.21. The van der Waals surface area contributed by atoms with Gasteiger partial charge >= 0.3 is 0 Å². The van der Waals surface area contributed by atoms with Gasteiger partial charge in [-0.1, -0.05) is 12.1 Å². The van der Waals surface area contributed by atoms with Crippen molar-refractivity contribution < 1.29 is 4.79 Å². The van der Waals surface area contributed by atoms with Crippen molar-refractivity contribution in [2.45, 2.75) is 39.3 Å². The highest BCUT2D eigenvalue weighted by atomic mass is 16.2. The fourth-order valence-electron chi connectivity index (χ4n) is 2.50. The number of carbonyl (C=O) groups is 1. The Morgan fingerprint density at radius 1 is 1.47 bits per heavy atom. The lowest BCUT2D eigenvalue weighted by atomic mass is 10.3. The van der Waals surface area contributed by atoms with Crippen molar-refractivity contribution in [3.63, 3.8) is 0 Å². The van der Waals surface area contributed by atoms with Crippen LogP contribution in [-0.2, 0) is 11.3 Å². The zero-order valence-electron chi connectivity index (χ0n) is 11.4. The average molecular weight is 257 g/mol. The average Bonchev–Trinajstić information content (AvgIpc) is 3.19. The van der Waals surface area contributed by atoms with Crippen LogP contribution < -0.4 is 5.32 Å². The number of rotatable bonds is 4. The van der Waals surface area contributed by atoms with Gasteiger partial charge < -0.3 is 9.88 Å². The van der Waals surface area contributed by atoms with E-state index in [1.165, 1.54) is 0 Å². The van der Waals surface area contributed by atoms with Gasteiger partial charge in [-0.15, -0.1) is 0 Å². The van der Waals surface area contributed by atoms with E-state index in [9.17, 15) is 4.79 Å². The van der Waals surface area contributed by atoms with E-state index < -0.39 is 0 Å². The largest absolute Gasteiger partial charge is 0.346 e. The molecule has 1 unspecified atom stereocenters. The van der Waals surface area contributed by atoms with Gasteiger partial charge in [0.1, 0.15) is 5.82 Å². The first kappa shape index (κ1) is 12.2. The molecule has 19 heavy (non-hydrogen) atoms. The maximum absolute atomic E-state index is 11.9. The van der Waals surface area contributed by atoms with Crippen molar-refractivity contribution in [1.29, 1.82) is 0 Å². The number of aryl methyl sites for hydroxylation is 1. The maximum Gasteiger partial charge on any atom is 0.223 e. The van der Waals surface area contributed by atoms with E-state index in [2.05, 4.69) is 27.9 Å². The van der Waals surface area contributed by atoms with Crippen molar-refractivity contribution in [2.24, 2.45) is 5.92 Å². The molecule has 3 rings (SSSR count). The highest BCUT2D eigenvalue weighted by Crippen LogP contribution is 2.30. The normalized spacial score (nSPS) is 16.5. The van der Waals surface area contributed by atoms with Gasteiger partial charge in [-0.05, 0) is 38.8 Å². The summed E-state index contributed by atoms with van der Waals surface area (Å²) >= 11 is 0. The molecular formula is C15H19N3O. The van der Waals surface area contributed by atoms with Crippen LogP contribution in [0.5, 0.6) is 0 Å². The van der Waals surface area contributed by atoms with Crippen LogP contribution in [-0.4, -0.2) is 15.5 Å². The number of imidazole rings is 1. The van der Waals surface area contributed by atoms with Crippen molar-refractivity contribution in [3.05, 3.63) is 30.1 Å². The minimum absolute atomic E-state index is 0.0413. The first-order chi connectivity index (χ1) is 9.20. The molecule has 100 valence electrons. The number of nitrogens with one attached hydrogen (secondary N) is 1. The summed E-state index contributed by atoms with van der Waals surface area (Å²) in [5.41, 5.74) is 2.12.